The fourth-order valence-corrected chi connectivity index (χ4v) is 2.14. The number of imidazole rings is 1. The lowest BCUT2D eigenvalue weighted by Gasteiger charge is -2.13. The molecule has 2 aromatic rings. The van der Waals surface area contributed by atoms with Gasteiger partial charge in [0.2, 0.25) is 0 Å². The van der Waals surface area contributed by atoms with Gasteiger partial charge in [0.15, 0.2) is 0 Å². The van der Waals surface area contributed by atoms with Crippen LogP contribution in [0.3, 0.4) is 0 Å². The predicted molar refractivity (Wildman–Crippen MR) is 73.6 cm³/mol. The second-order valence-electron chi connectivity index (χ2n) is 4.11. The van der Waals surface area contributed by atoms with Crippen LogP contribution in [0.2, 0.25) is 0 Å². The maximum absolute atomic E-state index is 5.98. The lowest BCUT2D eigenvalue weighted by atomic mass is 10.1. The minimum atomic E-state index is 0.176. The molecule has 1 aromatic heterocycles. The number of hydrogen-bond donors (Lipinski definition) is 1. The predicted octanol–water partition coefficient (Wildman–Crippen LogP) is 3.05. The zero-order chi connectivity index (χ0) is 12.3. The molecule has 0 radical (unpaired) electrons. The number of benzene rings is 1. The van der Waals surface area contributed by atoms with Crippen molar-refractivity contribution in [2.24, 2.45) is 5.73 Å². The molecule has 0 saturated heterocycles. The molecule has 90 valence electrons. The molecule has 17 heavy (non-hydrogen) atoms. The van der Waals surface area contributed by atoms with E-state index in [1.54, 1.807) is 0 Å². The van der Waals surface area contributed by atoms with E-state index in [2.05, 4.69) is 44.5 Å². The molecule has 0 amide bonds. The number of halogens is 1. The molecule has 0 spiro atoms. The van der Waals surface area contributed by atoms with Crippen LogP contribution in [-0.2, 0) is 6.54 Å². The average Bonchev–Trinajstić information content (AvgIpc) is 2.77. The van der Waals surface area contributed by atoms with Gasteiger partial charge >= 0.3 is 0 Å². The molecule has 0 aliphatic carbocycles. The Morgan fingerprint density at radius 3 is 3.00 bits per heavy atom. The highest BCUT2D eigenvalue weighted by Crippen LogP contribution is 2.22. The third-order valence-corrected chi connectivity index (χ3v) is 3.28. The van der Waals surface area contributed by atoms with Crippen molar-refractivity contribution in [2.45, 2.75) is 25.9 Å². The number of hydrogen-bond acceptors (Lipinski definition) is 2. The van der Waals surface area contributed by atoms with E-state index in [0.717, 1.165) is 28.7 Å². The number of aromatic nitrogens is 2. The zero-order valence-corrected chi connectivity index (χ0v) is 11.4. The smallest absolute Gasteiger partial charge is 0.0951 e. The molecule has 0 aliphatic heterocycles. The summed E-state index contributed by atoms with van der Waals surface area (Å²) < 4.78 is 3.18. The molecular formula is C13H16BrN3. The first-order chi connectivity index (χ1) is 8.20. The summed E-state index contributed by atoms with van der Waals surface area (Å²) in [4.78, 5) is 4.21. The van der Waals surface area contributed by atoms with Crippen molar-refractivity contribution in [1.82, 2.24) is 9.55 Å². The van der Waals surface area contributed by atoms with Gasteiger partial charge in [-0.3, -0.25) is 0 Å². The Morgan fingerprint density at radius 2 is 2.29 bits per heavy atom. The summed E-state index contributed by atoms with van der Waals surface area (Å²) in [5.41, 5.74) is 8.24. The highest BCUT2D eigenvalue weighted by molar-refractivity contribution is 9.10. The molecule has 2 N–H and O–H groups in total. The van der Waals surface area contributed by atoms with Crippen LogP contribution in [0.5, 0.6) is 0 Å². The molecule has 3 nitrogen and oxygen atoms in total. The third kappa shape index (κ3) is 2.96. The molecule has 1 atom stereocenters. The highest BCUT2D eigenvalue weighted by Gasteiger charge is 2.08. The van der Waals surface area contributed by atoms with E-state index >= 15 is 0 Å². The van der Waals surface area contributed by atoms with Gasteiger partial charge in [0.25, 0.3) is 0 Å². The second kappa shape index (κ2) is 5.47. The largest absolute Gasteiger partial charge is 0.329 e. The Hall–Kier alpha value is -1.13. The summed E-state index contributed by atoms with van der Waals surface area (Å²) in [6.07, 6.45) is 4.69. The Labute approximate surface area is 110 Å². The summed E-state index contributed by atoms with van der Waals surface area (Å²) in [6, 6.07) is 8.38. The first-order valence-electron chi connectivity index (χ1n) is 5.72. The lowest BCUT2D eigenvalue weighted by molar-refractivity contribution is 0.542. The van der Waals surface area contributed by atoms with Gasteiger partial charge < -0.3 is 10.3 Å². The molecule has 0 aliphatic rings. The van der Waals surface area contributed by atoms with Crippen LogP contribution in [0.4, 0.5) is 0 Å². The van der Waals surface area contributed by atoms with Gasteiger partial charge in [0.1, 0.15) is 0 Å². The van der Waals surface area contributed by atoms with Gasteiger partial charge in [-0.15, -0.1) is 0 Å². The van der Waals surface area contributed by atoms with Crippen LogP contribution in [0.25, 0.3) is 11.3 Å². The van der Waals surface area contributed by atoms with Gasteiger partial charge in [0.05, 0.1) is 18.2 Å². The SMILES string of the molecule is CCC(N)Cn1cncc1-c1cccc(Br)c1. The normalized spacial score (nSPS) is 12.6. The zero-order valence-electron chi connectivity index (χ0n) is 9.81. The summed E-state index contributed by atoms with van der Waals surface area (Å²) in [6.45, 7) is 2.90. The van der Waals surface area contributed by atoms with Gasteiger partial charge in [-0.2, -0.15) is 0 Å². The topological polar surface area (TPSA) is 43.8 Å². The maximum Gasteiger partial charge on any atom is 0.0951 e. The molecule has 1 unspecified atom stereocenters. The number of nitrogens with two attached hydrogens (primary N) is 1. The van der Waals surface area contributed by atoms with E-state index in [4.69, 9.17) is 5.73 Å². The van der Waals surface area contributed by atoms with Crippen molar-refractivity contribution in [3.63, 3.8) is 0 Å². The monoisotopic (exact) mass is 293 g/mol. The maximum atomic E-state index is 5.98. The van der Waals surface area contributed by atoms with Gasteiger partial charge in [0, 0.05) is 22.6 Å². The summed E-state index contributed by atoms with van der Waals surface area (Å²) in [5.74, 6) is 0. The van der Waals surface area contributed by atoms with Gasteiger partial charge in [-0.05, 0) is 18.6 Å². The van der Waals surface area contributed by atoms with E-state index in [1.165, 1.54) is 0 Å². The molecule has 0 fully saturated rings. The summed E-state index contributed by atoms with van der Waals surface area (Å²) in [7, 11) is 0. The average molecular weight is 294 g/mol. The van der Waals surface area contributed by atoms with Crippen molar-refractivity contribution in [3.05, 3.63) is 41.3 Å². The first kappa shape index (κ1) is 12.3. The molecule has 0 bridgehead atoms. The van der Waals surface area contributed by atoms with Crippen LogP contribution in [0.1, 0.15) is 13.3 Å². The molecule has 0 saturated carbocycles. The Morgan fingerprint density at radius 1 is 1.47 bits per heavy atom. The van der Waals surface area contributed by atoms with Crippen molar-refractivity contribution in [3.8, 4) is 11.3 Å². The second-order valence-corrected chi connectivity index (χ2v) is 5.03. The van der Waals surface area contributed by atoms with E-state index < -0.39 is 0 Å². The van der Waals surface area contributed by atoms with E-state index in [-0.39, 0.29) is 6.04 Å². The van der Waals surface area contributed by atoms with Crippen molar-refractivity contribution < 1.29 is 0 Å². The molecule has 2 rings (SSSR count). The standard InChI is InChI=1S/C13H16BrN3/c1-2-12(15)8-17-9-16-7-13(17)10-4-3-5-11(14)6-10/h3-7,9,12H,2,8,15H2,1H3. The van der Waals surface area contributed by atoms with Crippen molar-refractivity contribution in [2.75, 3.05) is 0 Å². The van der Waals surface area contributed by atoms with Gasteiger partial charge in [-0.25, -0.2) is 4.98 Å². The van der Waals surface area contributed by atoms with E-state index in [9.17, 15) is 0 Å². The van der Waals surface area contributed by atoms with Crippen LogP contribution in [-0.4, -0.2) is 15.6 Å². The fraction of sp³-hybridized carbons (Fsp3) is 0.308. The lowest BCUT2D eigenvalue weighted by Crippen LogP contribution is -2.25. The number of nitrogens with zero attached hydrogens (tertiary/aromatic N) is 2. The fourth-order valence-electron chi connectivity index (χ4n) is 1.74. The van der Waals surface area contributed by atoms with Crippen molar-refractivity contribution >= 4 is 15.9 Å². The van der Waals surface area contributed by atoms with E-state index in [1.807, 2.05) is 24.7 Å². The third-order valence-electron chi connectivity index (χ3n) is 2.79. The quantitative estimate of drug-likeness (QED) is 0.942. The Bertz CT molecular complexity index is 493. The molecule has 1 heterocycles. The first-order valence-corrected chi connectivity index (χ1v) is 6.51. The molecule has 1 aromatic carbocycles. The summed E-state index contributed by atoms with van der Waals surface area (Å²) in [5, 5.41) is 0. The van der Waals surface area contributed by atoms with Crippen LogP contribution >= 0.6 is 15.9 Å². The number of rotatable bonds is 4. The highest BCUT2D eigenvalue weighted by atomic mass is 79.9. The Kier molecular flexibility index (Phi) is 3.97. The van der Waals surface area contributed by atoms with Crippen LogP contribution < -0.4 is 5.73 Å². The minimum Gasteiger partial charge on any atom is -0.329 e. The van der Waals surface area contributed by atoms with E-state index in [0.29, 0.717) is 0 Å². The molecule has 4 heteroatoms. The minimum absolute atomic E-state index is 0.176. The van der Waals surface area contributed by atoms with Crippen LogP contribution in [0.15, 0.2) is 41.3 Å². The van der Waals surface area contributed by atoms with Gasteiger partial charge in [-0.1, -0.05) is 35.0 Å². The van der Waals surface area contributed by atoms with Crippen LogP contribution in [0, 0.1) is 0 Å². The van der Waals surface area contributed by atoms with Crippen molar-refractivity contribution in [1.29, 1.82) is 0 Å². The summed E-state index contributed by atoms with van der Waals surface area (Å²) >= 11 is 3.48. The molecular weight excluding hydrogens is 278 g/mol. The Balaban J connectivity index is 2.30.